The molecule has 4 rings (SSSR count). The third kappa shape index (κ3) is 7.01. The molecule has 178 valence electrons. The van der Waals surface area contributed by atoms with Gasteiger partial charge in [-0.2, -0.15) is 0 Å². The van der Waals surface area contributed by atoms with E-state index < -0.39 is 0 Å². The summed E-state index contributed by atoms with van der Waals surface area (Å²) in [5.41, 5.74) is 3.93. The Labute approximate surface area is 208 Å². The molecule has 0 bridgehead atoms. The molecule has 2 amide bonds. The van der Waals surface area contributed by atoms with Crippen LogP contribution in [0.15, 0.2) is 77.5 Å². The number of hydrogen-bond donors (Lipinski definition) is 2. The quantitative estimate of drug-likeness (QED) is 0.340. The predicted molar refractivity (Wildman–Crippen MR) is 135 cm³/mol. The largest absolute Gasteiger partial charge is 0.441 e. The van der Waals surface area contributed by atoms with Crippen molar-refractivity contribution in [3.63, 3.8) is 0 Å². The van der Waals surface area contributed by atoms with Gasteiger partial charge in [0.2, 0.25) is 17.7 Å². The standard InChI is InChI=1S/C27H25ClN4O3/c1-18-24(17-30-26(34)14-19-7-10-22(28)11-8-19)32-27(35-18)21-5-2-6-23(15-21)31-25(33)12-9-20-4-3-13-29-16-20/h2-8,10-11,13,15-16H,9,12,14,17H2,1H3,(H,30,34)(H,31,33). The van der Waals surface area contributed by atoms with Crippen LogP contribution in [0.4, 0.5) is 5.69 Å². The molecule has 2 aromatic heterocycles. The molecule has 0 radical (unpaired) electrons. The van der Waals surface area contributed by atoms with E-state index in [-0.39, 0.29) is 24.8 Å². The van der Waals surface area contributed by atoms with Gasteiger partial charge in [0.1, 0.15) is 11.5 Å². The number of halogens is 1. The fraction of sp³-hybridized carbons (Fsp3) is 0.185. The molecule has 0 spiro atoms. The summed E-state index contributed by atoms with van der Waals surface area (Å²) >= 11 is 5.89. The van der Waals surface area contributed by atoms with Crippen LogP contribution in [0.2, 0.25) is 5.02 Å². The van der Waals surface area contributed by atoms with E-state index in [1.54, 1.807) is 31.5 Å². The van der Waals surface area contributed by atoms with Crippen LogP contribution in [0.1, 0.15) is 29.0 Å². The number of oxazole rings is 1. The number of carbonyl (C=O) groups is 2. The molecule has 0 saturated heterocycles. The minimum Gasteiger partial charge on any atom is -0.441 e. The van der Waals surface area contributed by atoms with Gasteiger partial charge in [-0.3, -0.25) is 14.6 Å². The van der Waals surface area contributed by atoms with Crippen LogP contribution < -0.4 is 10.6 Å². The molecule has 0 unspecified atom stereocenters. The molecule has 0 aliphatic rings. The van der Waals surface area contributed by atoms with E-state index in [9.17, 15) is 9.59 Å². The first-order valence-electron chi connectivity index (χ1n) is 11.2. The molecular weight excluding hydrogens is 464 g/mol. The number of benzene rings is 2. The number of pyridine rings is 1. The Balaban J connectivity index is 1.33. The maximum atomic E-state index is 12.4. The first-order chi connectivity index (χ1) is 17.0. The van der Waals surface area contributed by atoms with Gasteiger partial charge in [-0.05, 0) is 60.9 Å². The molecule has 35 heavy (non-hydrogen) atoms. The van der Waals surface area contributed by atoms with E-state index in [4.69, 9.17) is 16.0 Å². The molecule has 4 aromatic rings. The van der Waals surface area contributed by atoms with E-state index >= 15 is 0 Å². The second-order valence-electron chi connectivity index (χ2n) is 8.09. The Morgan fingerprint density at radius 2 is 1.83 bits per heavy atom. The first kappa shape index (κ1) is 24.2. The van der Waals surface area contributed by atoms with Crippen LogP contribution in [-0.2, 0) is 29.0 Å². The van der Waals surface area contributed by atoms with Gasteiger partial charge in [-0.15, -0.1) is 0 Å². The Kier molecular flexibility index (Phi) is 7.90. The molecule has 7 nitrogen and oxygen atoms in total. The highest BCUT2D eigenvalue weighted by atomic mass is 35.5. The van der Waals surface area contributed by atoms with E-state index in [2.05, 4.69) is 20.6 Å². The Hall–Kier alpha value is -3.97. The molecule has 8 heteroatoms. The zero-order valence-electron chi connectivity index (χ0n) is 19.3. The summed E-state index contributed by atoms with van der Waals surface area (Å²) in [5, 5.41) is 6.43. The van der Waals surface area contributed by atoms with Crippen LogP contribution in [-0.4, -0.2) is 21.8 Å². The Bertz CT molecular complexity index is 1300. The minimum atomic E-state index is -0.118. The van der Waals surface area contributed by atoms with Gasteiger partial charge in [0.25, 0.3) is 0 Å². The van der Waals surface area contributed by atoms with Crippen molar-refractivity contribution in [1.82, 2.24) is 15.3 Å². The second-order valence-corrected chi connectivity index (χ2v) is 8.53. The molecule has 2 aromatic carbocycles. The lowest BCUT2D eigenvalue weighted by atomic mass is 10.1. The number of rotatable bonds is 9. The maximum Gasteiger partial charge on any atom is 0.226 e. The average molecular weight is 489 g/mol. The van der Waals surface area contributed by atoms with Crippen LogP contribution in [0.3, 0.4) is 0 Å². The zero-order valence-corrected chi connectivity index (χ0v) is 20.0. The van der Waals surface area contributed by atoms with Crippen molar-refractivity contribution in [1.29, 1.82) is 0 Å². The summed E-state index contributed by atoms with van der Waals surface area (Å²) in [7, 11) is 0. The highest BCUT2D eigenvalue weighted by Gasteiger charge is 2.14. The minimum absolute atomic E-state index is 0.0846. The van der Waals surface area contributed by atoms with Crippen LogP contribution in [0.25, 0.3) is 11.5 Å². The van der Waals surface area contributed by atoms with E-state index in [1.807, 2.05) is 48.5 Å². The first-order valence-corrected chi connectivity index (χ1v) is 11.6. The van der Waals surface area contributed by atoms with Crippen molar-refractivity contribution in [3.8, 4) is 11.5 Å². The highest BCUT2D eigenvalue weighted by molar-refractivity contribution is 6.30. The van der Waals surface area contributed by atoms with Crippen molar-refractivity contribution < 1.29 is 14.0 Å². The number of carbonyl (C=O) groups excluding carboxylic acids is 2. The average Bonchev–Trinajstić information content (AvgIpc) is 3.24. The third-order valence-corrected chi connectivity index (χ3v) is 5.63. The molecular formula is C27H25ClN4O3. The van der Waals surface area contributed by atoms with Gasteiger partial charge < -0.3 is 15.1 Å². The summed E-state index contributed by atoms with van der Waals surface area (Å²) in [6, 6.07) is 18.3. The molecule has 0 aliphatic carbocycles. The molecule has 2 heterocycles. The molecule has 0 aliphatic heterocycles. The number of aromatic nitrogens is 2. The Morgan fingerprint density at radius 1 is 1.00 bits per heavy atom. The highest BCUT2D eigenvalue weighted by Crippen LogP contribution is 2.24. The van der Waals surface area contributed by atoms with E-state index in [0.717, 1.165) is 16.7 Å². The molecule has 2 N–H and O–H groups in total. The number of anilines is 1. The summed E-state index contributed by atoms with van der Waals surface area (Å²) in [6.07, 6.45) is 4.69. The molecule has 0 fully saturated rings. The third-order valence-electron chi connectivity index (χ3n) is 5.38. The molecule has 0 saturated carbocycles. The monoisotopic (exact) mass is 488 g/mol. The topological polar surface area (TPSA) is 97.1 Å². The van der Waals surface area contributed by atoms with Crippen LogP contribution in [0.5, 0.6) is 0 Å². The second kappa shape index (κ2) is 11.4. The fourth-order valence-electron chi connectivity index (χ4n) is 3.51. The van der Waals surface area contributed by atoms with Gasteiger partial charge >= 0.3 is 0 Å². The fourth-order valence-corrected chi connectivity index (χ4v) is 3.63. The summed E-state index contributed by atoms with van der Waals surface area (Å²) < 4.78 is 5.83. The van der Waals surface area contributed by atoms with Crippen molar-refractivity contribution >= 4 is 29.1 Å². The zero-order chi connectivity index (χ0) is 24.6. The predicted octanol–water partition coefficient (Wildman–Crippen LogP) is 5.13. The summed E-state index contributed by atoms with van der Waals surface area (Å²) in [6.45, 7) is 2.06. The van der Waals surface area contributed by atoms with E-state index in [0.29, 0.717) is 40.9 Å². The maximum absolute atomic E-state index is 12.4. The number of nitrogens with zero attached hydrogens (tertiary/aromatic N) is 2. The number of aryl methyl sites for hydroxylation is 2. The van der Waals surface area contributed by atoms with Gasteiger partial charge in [-0.1, -0.05) is 35.9 Å². The Morgan fingerprint density at radius 3 is 2.60 bits per heavy atom. The van der Waals surface area contributed by atoms with Crippen LogP contribution >= 0.6 is 11.6 Å². The number of nitrogens with one attached hydrogen (secondary N) is 2. The van der Waals surface area contributed by atoms with E-state index in [1.165, 1.54) is 0 Å². The normalized spacial score (nSPS) is 10.7. The smallest absolute Gasteiger partial charge is 0.226 e. The van der Waals surface area contributed by atoms with Crippen LogP contribution in [0, 0.1) is 6.92 Å². The van der Waals surface area contributed by atoms with Gasteiger partial charge in [-0.25, -0.2) is 4.98 Å². The van der Waals surface area contributed by atoms with Gasteiger partial charge in [0.15, 0.2) is 0 Å². The van der Waals surface area contributed by atoms with Gasteiger partial charge in [0, 0.05) is 35.1 Å². The lowest BCUT2D eigenvalue weighted by Gasteiger charge is -2.06. The van der Waals surface area contributed by atoms with Gasteiger partial charge in [0.05, 0.1) is 13.0 Å². The summed E-state index contributed by atoms with van der Waals surface area (Å²) in [4.78, 5) is 33.3. The lowest BCUT2D eigenvalue weighted by Crippen LogP contribution is -2.25. The number of amides is 2. The van der Waals surface area contributed by atoms with Crippen molar-refractivity contribution in [2.24, 2.45) is 0 Å². The van der Waals surface area contributed by atoms with Crippen molar-refractivity contribution in [2.75, 3.05) is 5.32 Å². The lowest BCUT2D eigenvalue weighted by molar-refractivity contribution is -0.120. The number of hydrogen-bond acceptors (Lipinski definition) is 5. The molecule has 0 atom stereocenters. The summed E-state index contributed by atoms with van der Waals surface area (Å²) in [5.74, 6) is 0.847. The van der Waals surface area contributed by atoms with Crippen molar-refractivity contribution in [3.05, 3.63) is 101 Å². The SMILES string of the molecule is Cc1oc(-c2cccc(NC(=O)CCc3cccnc3)c2)nc1CNC(=O)Cc1ccc(Cl)cc1. The van der Waals surface area contributed by atoms with Crippen molar-refractivity contribution in [2.45, 2.75) is 32.7 Å².